The summed E-state index contributed by atoms with van der Waals surface area (Å²) < 4.78 is 22.0. The number of carbonyl (C=O) groups excluding carboxylic acids is 1. The fraction of sp³-hybridized carbons (Fsp3) is 0.300. The number of ether oxygens (including phenoxy) is 4. The molecule has 0 aliphatic carbocycles. The van der Waals surface area contributed by atoms with Gasteiger partial charge in [-0.25, -0.2) is 0 Å². The summed E-state index contributed by atoms with van der Waals surface area (Å²) in [6.07, 6.45) is -0.181. The smallest absolute Gasteiger partial charge is 0.234 e. The number of methoxy groups -OCH3 is 2. The Labute approximate surface area is 158 Å². The van der Waals surface area contributed by atoms with Gasteiger partial charge in [0.05, 0.1) is 20.3 Å². The van der Waals surface area contributed by atoms with Crippen molar-refractivity contribution >= 4 is 5.91 Å². The normalized spacial score (nSPS) is 9.81. The summed E-state index contributed by atoms with van der Waals surface area (Å²) in [6.45, 7) is 0.870. The van der Waals surface area contributed by atoms with Crippen molar-refractivity contribution in [2.45, 2.75) is 13.0 Å². The lowest BCUT2D eigenvalue weighted by atomic mass is 10.2. The third-order valence-corrected chi connectivity index (χ3v) is 3.66. The van der Waals surface area contributed by atoms with Crippen LogP contribution in [-0.4, -0.2) is 33.3 Å². The van der Waals surface area contributed by atoms with Crippen LogP contribution in [0.4, 0.5) is 0 Å². The van der Waals surface area contributed by atoms with Crippen molar-refractivity contribution in [1.82, 2.24) is 5.32 Å². The maximum Gasteiger partial charge on any atom is 0.234 e. The first-order valence-corrected chi connectivity index (χ1v) is 8.37. The summed E-state index contributed by atoms with van der Waals surface area (Å²) in [6, 6.07) is 14.5. The second-order valence-corrected chi connectivity index (χ2v) is 5.43. The van der Waals surface area contributed by atoms with Gasteiger partial charge in [0.1, 0.15) is 31.1 Å². The minimum atomic E-state index is -0.334. The zero-order chi connectivity index (χ0) is 19.5. The van der Waals surface area contributed by atoms with Crippen molar-refractivity contribution in [2.24, 2.45) is 0 Å². The van der Waals surface area contributed by atoms with E-state index in [1.807, 2.05) is 36.4 Å². The van der Waals surface area contributed by atoms with Crippen LogP contribution < -0.4 is 24.3 Å². The fourth-order valence-corrected chi connectivity index (χ4v) is 2.31. The van der Waals surface area contributed by atoms with E-state index in [-0.39, 0.29) is 18.9 Å². The molecule has 0 heterocycles. The second-order valence-electron chi connectivity index (χ2n) is 5.43. The van der Waals surface area contributed by atoms with Gasteiger partial charge in [0.25, 0.3) is 0 Å². The van der Waals surface area contributed by atoms with Gasteiger partial charge in [-0.1, -0.05) is 12.1 Å². The number of amides is 1. The Morgan fingerprint density at radius 3 is 2.37 bits per heavy atom. The molecule has 142 valence electrons. The molecule has 0 radical (unpaired) electrons. The van der Waals surface area contributed by atoms with Crippen molar-refractivity contribution in [2.75, 3.05) is 27.4 Å². The highest BCUT2D eigenvalue weighted by molar-refractivity contribution is 5.78. The van der Waals surface area contributed by atoms with E-state index in [0.29, 0.717) is 36.2 Å². The number of nitrogens with zero attached hydrogens (tertiary/aromatic N) is 1. The summed E-state index contributed by atoms with van der Waals surface area (Å²) in [4.78, 5) is 11.5. The van der Waals surface area contributed by atoms with Crippen LogP contribution in [0.1, 0.15) is 12.0 Å². The number of hydrogen-bond donors (Lipinski definition) is 1. The van der Waals surface area contributed by atoms with Gasteiger partial charge in [-0.05, 0) is 24.3 Å². The van der Waals surface area contributed by atoms with Crippen molar-refractivity contribution in [1.29, 1.82) is 5.26 Å². The number of rotatable bonds is 10. The van der Waals surface area contributed by atoms with Gasteiger partial charge in [0.15, 0.2) is 11.5 Å². The Morgan fingerprint density at radius 1 is 1.00 bits per heavy atom. The molecule has 0 aliphatic rings. The molecule has 0 aliphatic heterocycles. The number of para-hydroxylation sites is 2. The van der Waals surface area contributed by atoms with E-state index in [0.717, 1.165) is 5.56 Å². The van der Waals surface area contributed by atoms with Crippen molar-refractivity contribution in [3.05, 3.63) is 48.0 Å². The number of carbonyl (C=O) groups is 1. The average molecular weight is 370 g/mol. The van der Waals surface area contributed by atoms with Crippen molar-refractivity contribution in [3.63, 3.8) is 0 Å². The maximum absolute atomic E-state index is 11.5. The maximum atomic E-state index is 11.5. The Bertz CT molecular complexity index is 801. The predicted octanol–water partition coefficient (Wildman–Crippen LogP) is 2.69. The fourth-order valence-electron chi connectivity index (χ4n) is 2.31. The van der Waals surface area contributed by atoms with Gasteiger partial charge in [0, 0.05) is 18.2 Å². The summed E-state index contributed by atoms with van der Waals surface area (Å²) in [5.41, 5.74) is 0.777. The standard InChI is InChI=1S/C20H22N2O5/c1-24-16-8-7-15(14-22-20(23)9-10-21)19(13-16)27-12-11-26-18-6-4-3-5-17(18)25-2/h3-8,13H,9,11-12,14H2,1-2H3,(H,22,23). The second kappa shape index (κ2) is 10.6. The van der Waals surface area contributed by atoms with Gasteiger partial charge in [-0.2, -0.15) is 5.26 Å². The molecule has 0 aromatic heterocycles. The van der Waals surface area contributed by atoms with Gasteiger partial charge < -0.3 is 24.3 Å². The van der Waals surface area contributed by atoms with Gasteiger partial charge in [-0.15, -0.1) is 0 Å². The number of benzene rings is 2. The molecule has 1 amide bonds. The molecule has 27 heavy (non-hydrogen) atoms. The van der Waals surface area contributed by atoms with Gasteiger partial charge >= 0.3 is 0 Å². The number of nitriles is 1. The first-order chi connectivity index (χ1) is 13.2. The highest BCUT2D eigenvalue weighted by Crippen LogP contribution is 2.27. The van der Waals surface area contributed by atoms with Crippen molar-refractivity contribution < 1.29 is 23.7 Å². The predicted molar refractivity (Wildman–Crippen MR) is 99.1 cm³/mol. The van der Waals surface area contributed by atoms with E-state index in [1.165, 1.54) is 0 Å². The molecule has 0 atom stereocenters. The van der Waals surface area contributed by atoms with Crippen LogP contribution in [0.2, 0.25) is 0 Å². The highest BCUT2D eigenvalue weighted by atomic mass is 16.5. The van der Waals surface area contributed by atoms with E-state index in [4.69, 9.17) is 24.2 Å². The molecule has 7 nitrogen and oxygen atoms in total. The van der Waals surface area contributed by atoms with Crippen molar-refractivity contribution in [3.8, 4) is 29.1 Å². The lowest BCUT2D eigenvalue weighted by Gasteiger charge is -2.14. The van der Waals surface area contributed by atoms with E-state index in [9.17, 15) is 4.79 Å². The van der Waals surface area contributed by atoms with Crippen LogP contribution in [0.5, 0.6) is 23.0 Å². The number of nitrogens with one attached hydrogen (secondary N) is 1. The minimum Gasteiger partial charge on any atom is -0.497 e. The molecule has 2 aromatic carbocycles. The molecule has 7 heteroatoms. The molecule has 2 aromatic rings. The van der Waals surface area contributed by atoms with Crippen LogP contribution >= 0.6 is 0 Å². The summed E-state index contributed by atoms with van der Waals surface area (Å²) in [5, 5.41) is 11.2. The number of hydrogen-bond acceptors (Lipinski definition) is 6. The van der Waals surface area contributed by atoms with Crippen LogP contribution in [0.25, 0.3) is 0 Å². The molecule has 0 spiro atoms. The SMILES string of the molecule is COc1ccc(CNC(=O)CC#N)c(OCCOc2ccccc2OC)c1. The van der Waals surface area contributed by atoms with E-state index < -0.39 is 0 Å². The average Bonchev–Trinajstić information content (AvgIpc) is 2.70. The highest BCUT2D eigenvalue weighted by Gasteiger charge is 2.09. The topological polar surface area (TPSA) is 89.8 Å². The molecule has 0 fully saturated rings. The van der Waals surface area contributed by atoms with Crippen LogP contribution in [-0.2, 0) is 11.3 Å². The molecular weight excluding hydrogens is 348 g/mol. The molecule has 0 unspecified atom stereocenters. The van der Waals surface area contributed by atoms with Gasteiger partial charge in [0.2, 0.25) is 5.91 Å². The summed E-state index contributed by atoms with van der Waals surface area (Å²) in [5.74, 6) is 2.18. The van der Waals surface area contributed by atoms with Crippen LogP contribution in [0, 0.1) is 11.3 Å². The zero-order valence-corrected chi connectivity index (χ0v) is 15.4. The van der Waals surface area contributed by atoms with E-state index >= 15 is 0 Å². The Kier molecular flexibility index (Phi) is 7.79. The monoisotopic (exact) mass is 370 g/mol. The molecule has 0 bridgehead atoms. The molecule has 0 saturated carbocycles. The zero-order valence-electron chi connectivity index (χ0n) is 15.4. The minimum absolute atomic E-state index is 0.181. The largest absolute Gasteiger partial charge is 0.497 e. The molecule has 2 rings (SSSR count). The Hall–Kier alpha value is -3.40. The van der Waals surface area contributed by atoms with Crippen LogP contribution in [0.3, 0.4) is 0 Å². The third-order valence-electron chi connectivity index (χ3n) is 3.66. The first-order valence-electron chi connectivity index (χ1n) is 8.37. The molecule has 0 saturated heterocycles. The molecular formula is C20H22N2O5. The summed E-state index contributed by atoms with van der Waals surface area (Å²) in [7, 11) is 3.15. The summed E-state index contributed by atoms with van der Waals surface area (Å²) >= 11 is 0. The Morgan fingerprint density at radius 2 is 1.70 bits per heavy atom. The van der Waals surface area contributed by atoms with E-state index in [2.05, 4.69) is 5.32 Å². The lowest BCUT2D eigenvalue weighted by Crippen LogP contribution is -2.22. The first kappa shape index (κ1) is 19.9. The molecule has 1 N–H and O–H groups in total. The Balaban J connectivity index is 1.95. The quantitative estimate of drug-likeness (QED) is 0.647. The third kappa shape index (κ3) is 6.12. The van der Waals surface area contributed by atoms with Crippen LogP contribution in [0.15, 0.2) is 42.5 Å². The van der Waals surface area contributed by atoms with E-state index in [1.54, 1.807) is 26.4 Å². The lowest BCUT2D eigenvalue weighted by molar-refractivity contribution is -0.120. The van der Waals surface area contributed by atoms with Gasteiger partial charge in [-0.3, -0.25) is 4.79 Å².